The summed E-state index contributed by atoms with van der Waals surface area (Å²) in [5.74, 6) is -4.88. The summed E-state index contributed by atoms with van der Waals surface area (Å²) in [5, 5.41) is 9.35. The molecule has 1 aromatic carbocycles. The lowest BCUT2D eigenvalue weighted by atomic mass is 9.90. The highest BCUT2D eigenvalue weighted by atomic mass is 79.9. The summed E-state index contributed by atoms with van der Waals surface area (Å²) in [4.78, 5) is 3.77. The number of anilines is 1. The third-order valence-electron chi connectivity index (χ3n) is 4.69. The van der Waals surface area contributed by atoms with E-state index in [1.165, 1.54) is 25.4 Å². The molecule has 1 atom stereocenters. The number of aryl methyl sites for hydroxylation is 1. The molecule has 3 rings (SSSR count). The molecule has 0 aliphatic carbocycles. The molecule has 2 aromatic heterocycles. The number of alkyl halides is 6. The van der Waals surface area contributed by atoms with Gasteiger partial charge in [-0.3, -0.25) is 4.98 Å². The Labute approximate surface area is 181 Å². The van der Waals surface area contributed by atoms with E-state index in [1.807, 2.05) is 0 Å². The van der Waals surface area contributed by atoms with E-state index in [2.05, 4.69) is 36.4 Å². The van der Waals surface area contributed by atoms with E-state index < -0.39 is 29.2 Å². The zero-order valence-corrected chi connectivity index (χ0v) is 17.8. The Bertz CT molecular complexity index is 1080. The van der Waals surface area contributed by atoms with Crippen molar-refractivity contribution in [2.24, 2.45) is 7.05 Å². The fourth-order valence-electron chi connectivity index (χ4n) is 2.92. The molecule has 0 saturated heterocycles. The van der Waals surface area contributed by atoms with Crippen LogP contribution in [0.15, 0.2) is 47.3 Å². The van der Waals surface area contributed by atoms with Gasteiger partial charge in [-0.1, -0.05) is 12.1 Å². The highest BCUT2D eigenvalue weighted by molar-refractivity contribution is 9.10. The van der Waals surface area contributed by atoms with Gasteiger partial charge in [-0.25, -0.2) is 4.39 Å². The Morgan fingerprint density at radius 3 is 2.42 bits per heavy atom. The molecule has 2 heterocycles. The molecule has 0 fully saturated rings. The van der Waals surface area contributed by atoms with Gasteiger partial charge in [0.2, 0.25) is 11.5 Å². The Hall–Kier alpha value is -2.63. The summed E-state index contributed by atoms with van der Waals surface area (Å²) in [6, 6.07) is 5.90. The molecule has 0 aliphatic heterocycles. The standard InChI is InChI=1S/C19H16BrF6N5/c1-17(21,18(22,23)16-30-29-10-31(16)2)11-4-3-5-13(6-11)27-9-15-14(19(24,25)26)7-12(20)8-28-15/h3-8,10,27H,9H2,1-2H3. The fraction of sp³-hybridized carbons (Fsp3) is 0.316. The summed E-state index contributed by atoms with van der Waals surface area (Å²) in [7, 11) is 1.26. The average molecular weight is 508 g/mol. The van der Waals surface area contributed by atoms with Crippen molar-refractivity contribution in [2.75, 3.05) is 5.32 Å². The number of benzene rings is 1. The van der Waals surface area contributed by atoms with E-state index in [-0.39, 0.29) is 28.0 Å². The normalized spacial score (nSPS) is 14.4. The molecule has 0 saturated carbocycles. The predicted molar refractivity (Wildman–Crippen MR) is 104 cm³/mol. The van der Waals surface area contributed by atoms with Crippen LogP contribution in [-0.4, -0.2) is 19.7 Å². The van der Waals surface area contributed by atoms with Gasteiger partial charge in [0.05, 0.1) is 17.8 Å². The lowest BCUT2D eigenvalue weighted by Crippen LogP contribution is -2.39. The second-order valence-corrected chi connectivity index (χ2v) is 7.84. The predicted octanol–water partition coefficient (Wildman–Crippen LogP) is 5.58. The molecule has 0 aliphatic rings. The topological polar surface area (TPSA) is 55.6 Å². The first-order chi connectivity index (χ1) is 14.3. The lowest BCUT2D eigenvalue weighted by molar-refractivity contribution is -0.149. The van der Waals surface area contributed by atoms with Crippen molar-refractivity contribution in [3.8, 4) is 0 Å². The van der Waals surface area contributed by atoms with Crippen LogP contribution in [0.2, 0.25) is 0 Å². The van der Waals surface area contributed by atoms with Crippen LogP contribution in [0.4, 0.5) is 32.0 Å². The SMILES string of the molecule is Cn1cnnc1C(F)(F)C(C)(F)c1cccc(NCc2ncc(Br)cc2C(F)(F)F)c1. The lowest BCUT2D eigenvalue weighted by Gasteiger charge is -2.30. The third-order valence-corrected chi connectivity index (χ3v) is 5.12. The number of rotatable bonds is 6. The largest absolute Gasteiger partial charge is 0.418 e. The molecule has 0 spiro atoms. The third kappa shape index (κ3) is 4.53. The molecule has 0 bridgehead atoms. The first-order valence-corrected chi connectivity index (χ1v) is 9.60. The van der Waals surface area contributed by atoms with Gasteiger partial charge in [0.1, 0.15) is 6.33 Å². The van der Waals surface area contributed by atoms with Crippen LogP contribution in [0, 0.1) is 0 Å². The summed E-state index contributed by atoms with van der Waals surface area (Å²) < 4.78 is 85.8. The van der Waals surface area contributed by atoms with E-state index in [4.69, 9.17) is 0 Å². The van der Waals surface area contributed by atoms with Gasteiger partial charge in [-0.05, 0) is 46.6 Å². The maximum absolute atomic E-state index is 15.3. The molecule has 1 N–H and O–H groups in total. The van der Waals surface area contributed by atoms with Gasteiger partial charge in [0.15, 0.2) is 0 Å². The van der Waals surface area contributed by atoms with Gasteiger partial charge in [-0.2, -0.15) is 22.0 Å². The Balaban J connectivity index is 1.87. The van der Waals surface area contributed by atoms with Gasteiger partial charge in [0, 0.05) is 23.4 Å². The zero-order valence-electron chi connectivity index (χ0n) is 16.2. The van der Waals surface area contributed by atoms with Gasteiger partial charge >= 0.3 is 12.1 Å². The number of pyridine rings is 1. The Kier molecular flexibility index (Phi) is 6.05. The molecule has 0 amide bonds. The van der Waals surface area contributed by atoms with E-state index in [1.54, 1.807) is 0 Å². The molecule has 3 aromatic rings. The number of nitrogens with zero attached hydrogens (tertiary/aromatic N) is 4. The maximum Gasteiger partial charge on any atom is 0.418 e. The quantitative estimate of drug-likeness (QED) is 0.442. The molecular weight excluding hydrogens is 492 g/mol. The van der Waals surface area contributed by atoms with Crippen LogP contribution in [0.1, 0.15) is 29.6 Å². The number of hydrogen-bond donors (Lipinski definition) is 1. The van der Waals surface area contributed by atoms with Gasteiger partial charge in [0.25, 0.3) is 0 Å². The number of halogens is 7. The molecule has 0 radical (unpaired) electrons. The molecule has 166 valence electrons. The number of aromatic nitrogens is 4. The minimum Gasteiger partial charge on any atom is -0.379 e. The van der Waals surface area contributed by atoms with Gasteiger partial charge in [-0.15, -0.1) is 10.2 Å². The van der Waals surface area contributed by atoms with E-state index in [0.29, 0.717) is 6.92 Å². The van der Waals surface area contributed by atoms with Crippen molar-refractivity contribution in [3.63, 3.8) is 0 Å². The number of hydrogen-bond acceptors (Lipinski definition) is 4. The van der Waals surface area contributed by atoms with Crippen LogP contribution < -0.4 is 5.32 Å². The van der Waals surface area contributed by atoms with Crippen molar-refractivity contribution < 1.29 is 26.3 Å². The average Bonchev–Trinajstić information content (AvgIpc) is 3.13. The van der Waals surface area contributed by atoms with Crippen LogP contribution in [-0.2, 0) is 31.4 Å². The van der Waals surface area contributed by atoms with Crippen molar-refractivity contribution >= 4 is 21.6 Å². The summed E-state index contributed by atoms with van der Waals surface area (Å²) in [6.45, 7) is 0.354. The maximum atomic E-state index is 15.3. The molecular formula is C19H16BrF6N5. The monoisotopic (exact) mass is 507 g/mol. The molecule has 31 heavy (non-hydrogen) atoms. The van der Waals surface area contributed by atoms with Crippen molar-refractivity contribution in [1.82, 2.24) is 19.7 Å². The van der Waals surface area contributed by atoms with Gasteiger partial charge < -0.3 is 9.88 Å². The highest BCUT2D eigenvalue weighted by Crippen LogP contribution is 2.47. The van der Waals surface area contributed by atoms with Crippen molar-refractivity contribution in [1.29, 1.82) is 0 Å². The van der Waals surface area contributed by atoms with Crippen molar-refractivity contribution in [2.45, 2.75) is 31.2 Å². The van der Waals surface area contributed by atoms with Crippen LogP contribution >= 0.6 is 15.9 Å². The minimum atomic E-state index is -4.63. The summed E-state index contributed by atoms with van der Waals surface area (Å²) in [5.41, 5.74) is -4.65. The summed E-state index contributed by atoms with van der Waals surface area (Å²) >= 11 is 2.95. The van der Waals surface area contributed by atoms with E-state index in [0.717, 1.165) is 29.1 Å². The molecule has 1 unspecified atom stereocenters. The van der Waals surface area contributed by atoms with E-state index in [9.17, 15) is 22.0 Å². The molecule has 5 nitrogen and oxygen atoms in total. The first kappa shape index (κ1) is 23.0. The fourth-order valence-corrected chi connectivity index (χ4v) is 3.25. The second-order valence-electron chi connectivity index (χ2n) is 6.92. The highest BCUT2D eigenvalue weighted by Gasteiger charge is 2.56. The smallest absolute Gasteiger partial charge is 0.379 e. The second kappa shape index (κ2) is 8.13. The number of nitrogens with one attached hydrogen (secondary N) is 1. The van der Waals surface area contributed by atoms with Crippen molar-refractivity contribution in [3.05, 3.63) is 70.0 Å². The minimum absolute atomic E-state index is 0.146. The zero-order chi connectivity index (χ0) is 23.0. The first-order valence-electron chi connectivity index (χ1n) is 8.81. The van der Waals surface area contributed by atoms with Crippen LogP contribution in [0.5, 0.6) is 0 Å². The van der Waals surface area contributed by atoms with Crippen LogP contribution in [0.3, 0.4) is 0 Å². The van der Waals surface area contributed by atoms with Crippen LogP contribution in [0.25, 0.3) is 0 Å². The summed E-state index contributed by atoms with van der Waals surface area (Å²) in [6.07, 6.45) is -2.39. The molecule has 12 heteroatoms. The Morgan fingerprint density at radius 2 is 1.81 bits per heavy atom. The Morgan fingerprint density at radius 1 is 1.10 bits per heavy atom. The van der Waals surface area contributed by atoms with E-state index >= 15 is 4.39 Å².